The van der Waals surface area contributed by atoms with Crippen LogP contribution >= 0.6 is 11.3 Å². The third kappa shape index (κ3) is 1.89. The van der Waals surface area contributed by atoms with E-state index in [1.165, 1.54) is 11.3 Å². The maximum atomic E-state index is 11.7. The van der Waals surface area contributed by atoms with E-state index in [4.69, 9.17) is 11.0 Å². The van der Waals surface area contributed by atoms with Gasteiger partial charge in [0.25, 0.3) is 0 Å². The van der Waals surface area contributed by atoms with Gasteiger partial charge in [-0.25, -0.2) is 4.98 Å². The molecule has 1 fully saturated rings. The molecule has 3 rings (SSSR count). The van der Waals surface area contributed by atoms with Crippen LogP contribution in [0.2, 0.25) is 0 Å². The molecule has 100 valence electrons. The van der Waals surface area contributed by atoms with Crippen LogP contribution in [0.25, 0.3) is 10.4 Å². The Bertz CT molecular complexity index is 710. The molecular weight excluding hydrogens is 270 g/mol. The summed E-state index contributed by atoms with van der Waals surface area (Å²) in [5.41, 5.74) is 6.55. The van der Waals surface area contributed by atoms with Gasteiger partial charge < -0.3 is 5.73 Å². The summed E-state index contributed by atoms with van der Waals surface area (Å²) < 4.78 is 0. The summed E-state index contributed by atoms with van der Waals surface area (Å²) in [6, 6.07) is 9.51. The number of rotatable bonds is 3. The van der Waals surface area contributed by atoms with Crippen molar-refractivity contribution in [2.45, 2.75) is 24.7 Å². The molecule has 0 saturated heterocycles. The topological polar surface area (TPSA) is 79.8 Å². The molecule has 1 aliphatic rings. The van der Waals surface area contributed by atoms with Crippen LogP contribution in [0, 0.1) is 11.3 Å². The van der Waals surface area contributed by atoms with Crippen molar-refractivity contribution in [1.82, 2.24) is 4.98 Å². The van der Waals surface area contributed by atoms with Gasteiger partial charge in [-0.05, 0) is 30.5 Å². The molecule has 5 heteroatoms. The highest BCUT2D eigenvalue weighted by Gasteiger charge is 2.46. The molecule has 4 nitrogen and oxygen atoms in total. The quantitative estimate of drug-likeness (QED) is 0.940. The number of nitrogens with two attached hydrogens (primary N) is 1. The van der Waals surface area contributed by atoms with E-state index in [2.05, 4.69) is 11.1 Å². The second-order valence-corrected chi connectivity index (χ2v) is 6.05. The monoisotopic (exact) mass is 283 g/mol. The third-order valence-electron chi connectivity index (χ3n) is 3.87. The minimum Gasteiger partial charge on any atom is -0.369 e. The van der Waals surface area contributed by atoms with Crippen LogP contribution in [0.1, 0.15) is 29.8 Å². The molecule has 1 aromatic heterocycles. The van der Waals surface area contributed by atoms with E-state index in [-0.39, 0.29) is 5.91 Å². The first-order valence-electron chi connectivity index (χ1n) is 6.42. The Morgan fingerprint density at radius 1 is 1.45 bits per heavy atom. The fourth-order valence-electron chi connectivity index (χ4n) is 2.47. The Hall–Kier alpha value is -2.19. The third-order valence-corrected chi connectivity index (χ3v) is 5.12. The minimum atomic E-state index is -0.560. The summed E-state index contributed by atoms with van der Waals surface area (Å²) in [4.78, 5) is 17.1. The number of benzene rings is 1. The van der Waals surface area contributed by atoms with E-state index in [0.717, 1.165) is 34.7 Å². The first kappa shape index (κ1) is 12.8. The standard InChI is InChI=1S/C15H13N3OS/c16-8-10-3-1-4-11(7-10)12-9-18-14(20-12)15(13(17)19)5-2-6-15/h1,3-4,7,9H,2,5-6H2,(H2,17,19). The summed E-state index contributed by atoms with van der Waals surface area (Å²) in [7, 11) is 0. The zero-order valence-electron chi connectivity index (χ0n) is 10.8. The number of nitrogens with zero attached hydrogens (tertiary/aromatic N) is 2. The average Bonchev–Trinajstić information content (AvgIpc) is 2.87. The van der Waals surface area contributed by atoms with Crippen molar-refractivity contribution in [2.24, 2.45) is 5.73 Å². The van der Waals surface area contributed by atoms with Crippen LogP contribution < -0.4 is 5.73 Å². The normalized spacial score (nSPS) is 16.1. The second-order valence-electron chi connectivity index (χ2n) is 5.02. The van der Waals surface area contributed by atoms with Gasteiger partial charge in [0.1, 0.15) is 10.4 Å². The molecular formula is C15H13N3OS. The summed E-state index contributed by atoms with van der Waals surface area (Å²) in [6.07, 6.45) is 4.35. The van der Waals surface area contributed by atoms with Crippen molar-refractivity contribution in [3.8, 4) is 16.5 Å². The number of hydrogen-bond acceptors (Lipinski definition) is 4. The van der Waals surface area contributed by atoms with Gasteiger partial charge in [-0.1, -0.05) is 18.6 Å². The van der Waals surface area contributed by atoms with Gasteiger partial charge in [0.15, 0.2) is 0 Å². The van der Waals surface area contributed by atoms with Crippen LogP contribution in [0.15, 0.2) is 30.5 Å². The Morgan fingerprint density at radius 3 is 2.85 bits per heavy atom. The lowest BCUT2D eigenvalue weighted by atomic mass is 9.69. The Kier molecular flexibility index (Phi) is 3.03. The van der Waals surface area contributed by atoms with E-state index in [9.17, 15) is 4.79 Å². The van der Waals surface area contributed by atoms with Gasteiger partial charge in [-0.3, -0.25) is 4.79 Å². The fraction of sp³-hybridized carbons (Fsp3) is 0.267. The molecule has 1 aromatic carbocycles. The molecule has 0 radical (unpaired) electrons. The Labute approximate surface area is 120 Å². The Morgan fingerprint density at radius 2 is 2.25 bits per heavy atom. The first-order valence-corrected chi connectivity index (χ1v) is 7.24. The molecule has 0 bridgehead atoms. The van der Waals surface area contributed by atoms with Gasteiger partial charge in [0, 0.05) is 6.20 Å². The highest BCUT2D eigenvalue weighted by molar-refractivity contribution is 7.15. The molecule has 1 amide bonds. The van der Waals surface area contributed by atoms with E-state index in [1.54, 1.807) is 12.3 Å². The highest BCUT2D eigenvalue weighted by atomic mass is 32.1. The van der Waals surface area contributed by atoms with E-state index >= 15 is 0 Å². The van der Waals surface area contributed by atoms with Crippen molar-refractivity contribution >= 4 is 17.2 Å². The number of primary amides is 1. The van der Waals surface area contributed by atoms with Gasteiger partial charge in [0.05, 0.1) is 16.5 Å². The fourth-order valence-corrected chi connectivity index (χ4v) is 3.63. The van der Waals surface area contributed by atoms with E-state index in [1.807, 2.05) is 18.2 Å². The average molecular weight is 283 g/mol. The molecule has 0 aliphatic heterocycles. The van der Waals surface area contributed by atoms with Crippen LogP contribution in [-0.2, 0) is 10.2 Å². The molecule has 2 N–H and O–H groups in total. The van der Waals surface area contributed by atoms with Crippen LogP contribution in [-0.4, -0.2) is 10.9 Å². The predicted octanol–water partition coefficient (Wildman–Crippen LogP) is 2.59. The lowest BCUT2D eigenvalue weighted by Gasteiger charge is -2.36. The molecule has 0 spiro atoms. The maximum absolute atomic E-state index is 11.7. The largest absolute Gasteiger partial charge is 0.369 e. The number of carbonyl (C=O) groups excluding carboxylic acids is 1. The van der Waals surface area contributed by atoms with Crippen LogP contribution in [0.5, 0.6) is 0 Å². The minimum absolute atomic E-state index is 0.282. The second kappa shape index (κ2) is 4.73. The SMILES string of the molecule is N#Cc1cccc(-c2cnc(C3(C(N)=O)CCC3)s2)c1. The smallest absolute Gasteiger partial charge is 0.230 e. The number of aromatic nitrogens is 1. The zero-order chi connectivity index (χ0) is 14.2. The Balaban J connectivity index is 1.98. The van der Waals surface area contributed by atoms with Gasteiger partial charge >= 0.3 is 0 Å². The summed E-state index contributed by atoms with van der Waals surface area (Å²) in [5, 5.41) is 9.74. The molecule has 0 unspecified atom stereocenters. The maximum Gasteiger partial charge on any atom is 0.230 e. The molecule has 2 aromatic rings. The van der Waals surface area contributed by atoms with E-state index in [0.29, 0.717) is 5.56 Å². The van der Waals surface area contributed by atoms with Gasteiger partial charge in [0.2, 0.25) is 5.91 Å². The number of nitriles is 1. The van der Waals surface area contributed by atoms with Crippen molar-refractivity contribution < 1.29 is 4.79 Å². The van der Waals surface area contributed by atoms with Gasteiger partial charge in [-0.2, -0.15) is 5.26 Å². The summed E-state index contributed by atoms with van der Waals surface area (Å²) in [5.74, 6) is -0.282. The number of thiazole rings is 1. The summed E-state index contributed by atoms with van der Waals surface area (Å²) >= 11 is 1.49. The van der Waals surface area contributed by atoms with E-state index < -0.39 is 5.41 Å². The number of carbonyl (C=O) groups is 1. The molecule has 1 saturated carbocycles. The molecule has 20 heavy (non-hydrogen) atoms. The van der Waals surface area contributed by atoms with Gasteiger partial charge in [-0.15, -0.1) is 11.3 Å². The van der Waals surface area contributed by atoms with Crippen molar-refractivity contribution in [3.05, 3.63) is 41.0 Å². The zero-order valence-corrected chi connectivity index (χ0v) is 11.6. The highest BCUT2D eigenvalue weighted by Crippen LogP contribution is 2.46. The molecule has 1 heterocycles. The molecule has 0 atom stereocenters. The predicted molar refractivity (Wildman–Crippen MR) is 77.0 cm³/mol. The number of amides is 1. The van der Waals surface area contributed by atoms with Crippen molar-refractivity contribution in [1.29, 1.82) is 5.26 Å². The van der Waals surface area contributed by atoms with Crippen LogP contribution in [0.4, 0.5) is 0 Å². The summed E-state index contributed by atoms with van der Waals surface area (Å²) in [6.45, 7) is 0. The molecule has 1 aliphatic carbocycles. The van der Waals surface area contributed by atoms with Crippen LogP contribution in [0.3, 0.4) is 0 Å². The number of hydrogen-bond donors (Lipinski definition) is 1. The first-order chi connectivity index (χ1) is 9.65. The lowest BCUT2D eigenvalue weighted by molar-refractivity contribution is -0.126. The van der Waals surface area contributed by atoms with Crippen molar-refractivity contribution in [3.63, 3.8) is 0 Å². The lowest BCUT2D eigenvalue weighted by Crippen LogP contribution is -2.46. The van der Waals surface area contributed by atoms with Crippen molar-refractivity contribution in [2.75, 3.05) is 0 Å².